The smallest absolute Gasteiger partial charge is 0.238 e. The second-order valence-corrected chi connectivity index (χ2v) is 9.21. The van der Waals surface area contributed by atoms with E-state index in [1.165, 1.54) is 28.3 Å². The number of carbonyl (C=O) groups is 1. The molecule has 0 aliphatic rings. The van der Waals surface area contributed by atoms with E-state index < -0.39 is 10.0 Å². The van der Waals surface area contributed by atoms with E-state index in [1.807, 2.05) is 35.9 Å². The summed E-state index contributed by atoms with van der Waals surface area (Å²) >= 11 is 1.50. The van der Waals surface area contributed by atoms with Gasteiger partial charge in [-0.05, 0) is 60.8 Å². The highest BCUT2D eigenvalue weighted by molar-refractivity contribution is 7.89. The van der Waals surface area contributed by atoms with Gasteiger partial charge in [-0.3, -0.25) is 4.79 Å². The van der Waals surface area contributed by atoms with Gasteiger partial charge in [0.1, 0.15) is 6.54 Å². The second kappa shape index (κ2) is 7.59. The summed E-state index contributed by atoms with van der Waals surface area (Å²) in [6.07, 6.45) is 0. The van der Waals surface area contributed by atoms with Crippen molar-refractivity contribution < 1.29 is 13.2 Å². The summed E-state index contributed by atoms with van der Waals surface area (Å²) in [6.45, 7) is 3.67. The van der Waals surface area contributed by atoms with Crippen molar-refractivity contribution >= 4 is 27.1 Å². The molecule has 9 nitrogen and oxygen atoms in total. The first-order valence-corrected chi connectivity index (χ1v) is 11.3. The Kier molecular flexibility index (Phi) is 5.10. The average molecular weight is 443 g/mol. The molecule has 3 heterocycles. The zero-order chi connectivity index (χ0) is 21.5. The number of carbonyl (C=O) groups excluding carboxylic acids is 1. The monoisotopic (exact) mass is 442 g/mol. The highest BCUT2D eigenvalue weighted by atomic mass is 32.2. The lowest BCUT2D eigenvalue weighted by molar-refractivity contribution is 0.0961. The number of rotatable bonds is 6. The van der Waals surface area contributed by atoms with Gasteiger partial charge in [-0.1, -0.05) is 6.07 Å². The summed E-state index contributed by atoms with van der Waals surface area (Å²) in [6, 6.07) is 11.8. The molecule has 0 radical (unpaired) electrons. The van der Waals surface area contributed by atoms with Crippen LogP contribution in [0.5, 0.6) is 0 Å². The topological polar surface area (TPSA) is 126 Å². The van der Waals surface area contributed by atoms with Gasteiger partial charge >= 0.3 is 0 Å². The maximum Gasteiger partial charge on any atom is 0.238 e. The minimum Gasteiger partial charge on any atom is -0.318 e. The maximum absolute atomic E-state index is 12.9. The number of primary sulfonamides is 1. The molecule has 30 heavy (non-hydrogen) atoms. The van der Waals surface area contributed by atoms with E-state index in [-0.39, 0.29) is 17.2 Å². The summed E-state index contributed by atoms with van der Waals surface area (Å²) < 4.78 is 24.8. The molecule has 0 unspecified atom stereocenters. The van der Waals surface area contributed by atoms with Crippen LogP contribution >= 0.6 is 11.3 Å². The highest BCUT2D eigenvalue weighted by Gasteiger charge is 2.19. The molecule has 11 heteroatoms. The Morgan fingerprint density at radius 2 is 1.90 bits per heavy atom. The fraction of sp³-hybridized carbons (Fsp3) is 0.158. The molecule has 0 amide bonds. The number of aryl methyl sites for hydroxylation is 1. The third kappa shape index (κ3) is 3.82. The lowest BCUT2D eigenvalue weighted by Crippen LogP contribution is -2.14. The average Bonchev–Trinajstić information content (AvgIpc) is 3.42. The number of aromatic nitrogens is 5. The summed E-state index contributed by atoms with van der Waals surface area (Å²) in [7, 11) is -3.76. The number of nitrogens with two attached hydrogens (primary N) is 1. The van der Waals surface area contributed by atoms with Gasteiger partial charge in [0.2, 0.25) is 15.8 Å². The first-order valence-electron chi connectivity index (χ1n) is 8.91. The zero-order valence-corrected chi connectivity index (χ0v) is 17.8. The molecule has 0 aliphatic heterocycles. The number of hydrogen-bond acceptors (Lipinski definition) is 7. The van der Waals surface area contributed by atoms with Crippen molar-refractivity contribution in [1.29, 1.82) is 0 Å². The molecule has 2 N–H and O–H groups in total. The van der Waals surface area contributed by atoms with Gasteiger partial charge in [0.25, 0.3) is 0 Å². The summed E-state index contributed by atoms with van der Waals surface area (Å²) in [5.74, 6) is 0.337. The molecule has 3 aromatic heterocycles. The molecule has 0 saturated heterocycles. The predicted octanol–water partition coefficient (Wildman–Crippen LogP) is 2.34. The van der Waals surface area contributed by atoms with Crippen molar-refractivity contribution in [3.05, 3.63) is 64.8 Å². The van der Waals surface area contributed by atoms with Crippen molar-refractivity contribution in [2.75, 3.05) is 0 Å². The van der Waals surface area contributed by atoms with Crippen LogP contribution in [0.1, 0.15) is 21.7 Å². The lowest BCUT2D eigenvalue weighted by atomic mass is 10.1. The van der Waals surface area contributed by atoms with Crippen molar-refractivity contribution in [2.24, 2.45) is 5.14 Å². The minimum absolute atomic E-state index is 0.0313. The summed E-state index contributed by atoms with van der Waals surface area (Å²) in [5, 5.41) is 19.3. The largest absolute Gasteiger partial charge is 0.318 e. The third-order valence-corrected chi connectivity index (χ3v) is 6.43. The fourth-order valence-electron chi connectivity index (χ4n) is 3.26. The Labute approximate surface area is 176 Å². The number of hydrogen-bond donors (Lipinski definition) is 1. The fourth-order valence-corrected chi connectivity index (χ4v) is 4.42. The molecular weight excluding hydrogens is 424 g/mol. The Morgan fingerprint density at radius 1 is 1.17 bits per heavy atom. The van der Waals surface area contributed by atoms with E-state index in [2.05, 4.69) is 15.4 Å². The van der Waals surface area contributed by atoms with Crippen LogP contribution in [0.3, 0.4) is 0 Å². The van der Waals surface area contributed by atoms with Gasteiger partial charge in [-0.2, -0.15) is 4.80 Å². The first kappa shape index (κ1) is 20.1. The standard InChI is InChI=1S/C19H18N6O3S2/c1-12-10-16(13(2)25(12)14-5-7-15(8-6-14)30(20,27)28)17(26)11-24-22-19(21-23-24)18-4-3-9-29-18/h3-10H,11H2,1-2H3,(H2,20,27,28). The Hall–Kier alpha value is -3.15. The van der Waals surface area contributed by atoms with E-state index in [0.29, 0.717) is 11.4 Å². The van der Waals surface area contributed by atoms with E-state index in [1.54, 1.807) is 18.2 Å². The number of Topliss-reactive ketones (excluding diaryl/α,β-unsaturated/α-hetero) is 1. The molecular formula is C19H18N6O3S2. The molecule has 0 aliphatic carbocycles. The maximum atomic E-state index is 12.9. The van der Waals surface area contributed by atoms with Gasteiger partial charge in [-0.15, -0.1) is 21.5 Å². The molecule has 4 rings (SSSR count). The van der Waals surface area contributed by atoms with Gasteiger partial charge in [0.15, 0.2) is 5.78 Å². The molecule has 0 atom stereocenters. The van der Waals surface area contributed by atoms with Crippen LogP contribution in [0.2, 0.25) is 0 Å². The first-order chi connectivity index (χ1) is 14.2. The predicted molar refractivity (Wildman–Crippen MR) is 112 cm³/mol. The third-order valence-electron chi connectivity index (χ3n) is 4.63. The van der Waals surface area contributed by atoms with E-state index in [0.717, 1.165) is 22.0 Å². The SMILES string of the molecule is Cc1cc(C(=O)Cn2nnc(-c3cccs3)n2)c(C)n1-c1ccc(S(N)(=O)=O)cc1. The van der Waals surface area contributed by atoms with Gasteiger partial charge in [0, 0.05) is 22.6 Å². The van der Waals surface area contributed by atoms with E-state index in [4.69, 9.17) is 5.14 Å². The van der Waals surface area contributed by atoms with Crippen molar-refractivity contribution in [3.63, 3.8) is 0 Å². The van der Waals surface area contributed by atoms with Crippen LogP contribution in [0.25, 0.3) is 16.4 Å². The summed E-state index contributed by atoms with van der Waals surface area (Å²) in [5.41, 5.74) is 2.85. The van der Waals surface area contributed by atoms with Crippen molar-refractivity contribution in [1.82, 2.24) is 24.8 Å². The normalized spacial score (nSPS) is 11.7. The van der Waals surface area contributed by atoms with Crippen LogP contribution in [-0.4, -0.2) is 39.0 Å². The molecule has 0 fully saturated rings. The number of benzene rings is 1. The molecule has 0 bridgehead atoms. The molecule has 4 aromatic rings. The van der Waals surface area contributed by atoms with Gasteiger partial charge < -0.3 is 4.57 Å². The van der Waals surface area contributed by atoms with Crippen molar-refractivity contribution in [2.45, 2.75) is 25.3 Å². The van der Waals surface area contributed by atoms with Crippen LogP contribution in [-0.2, 0) is 16.6 Å². The van der Waals surface area contributed by atoms with Crippen molar-refractivity contribution in [3.8, 4) is 16.4 Å². The Balaban J connectivity index is 1.59. The number of sulfonamides is 1. The van der Waals surface area contributed by atoms with Crippen LogP contribution in [0, 0.1) is 13.8 Å². The van der Waals surface area contributed by atoms with Crippen LogP contribution in [0.15, 0.2) is 52.7 Å². The van der Waals surface area contributed by atoms with Crippen LogP contribution in [0.4, 0.5) is 0 Å². The molecule has 0 spiro atoms. The van der Waals surface area contributed by atoms with E-state index >= 15 is 0 Å². The summed E-state index contributed by atoms with van der Waals surface area (Å²) in [4.78, 5) is 15.1. The highest BCUT2D eigenvalue weighted by Crippen LogP contribution is 2.23. The Morgan fingerprint density at radius 3 is 2.53 bits per heavy atom. The lowest BCUT2D eigenvalue weighted by Gasteiger charge is -2.10. The Bertz CT molecular complexity index is 1320. The molecule has 1 aromatic carbocycles. The zero-order valence-electron chi connectivity index (χ0n) is 16.2. The van der Waals surface area contributed by atoms with E-state index in [9.17, 15) is 13.2 Å². The number of nitrogens with zero attached hydrogens (tertiary/aromatic N) is 5. The van der Waals surface area contributed by atoms with Gasteiger partial charge in [0.05, 0.1) is 9.77 Å². The molecule has 0 saturated carbocycles. The van der Waals surface area contributed by atoms with Crippen LogP contribution < -0.4 is 5.14 Å². The minimum atomic E-state index is -3.76. The number of thiophene rings is 1. The second-order valence-electron chi connectivity index (χ2n) is 6.70. The molecule has 154 valence electrons. The quantitative estimate of drug-likeness (QED) is 0.457. The van der Waals surface area contributed by atoms with Gasteiger partial charge in [-0.25, -0.2) is 13.6 Å². The number of ketones is 1. The number of tetrazole rings is 1.